The van der Waals surface area contributed by atoms with Crippen LogP contribution in [0, 0.1) is 0 Å². The third-order valence-electron chi connectivity index (χ3n) is 7.66. The Bertz CT molecular complexity index is 1130. The van der Waals surface area contributed by atoms with E-state index in [9.17, 15) is 44.4 Å². The molecule has 0 aliphatic carbocycles. The first kappa shape index (κ1) is 44.8. The number of nitrogens with two attached hydrogens (primary N) is 3. The molecule has 3 amide bonds. The number of amides is 3. The Morgan fingerprint density at radius 1 is 0.510 bits per heavy atom. The van der Waals surface area contributed by atoms with Gasteiger partial charge in [0.15, 0.2) is 0 Å². The Morgan fingerprint density at radius 3 is 0.980 bits per heavy atom. The summed E-state index contributed by atoms with van der Waals surface area (Å²) in [5, 5.41) is 31.7. The Hall–Kier alpha value is -4.20. The monoisotopic (exact) mass is 726 g/mol. The summed E-state index contributed by atoms with van der Waals surface area (Å²) in [6, 6.07) is -3.05. The van der Waals surface area contributed by atoms with Crippen molar-refractivity contribution < 1.29 is 58.6 Å². The molecule has 288 valence electrons. The standard InChI is InChI=1S/C33H54N6O12/c1-22-10-16-49-31(43)25(34)8-5-14-38(47)29(41)20-24(3)12-18-51-33(45)27(36)9-6-15-39(48)30(42)21-23(2)11-17-50-32(44)26(35)7-4-13-37(46)28(40)19-22/h19-21,25-27,46-48H,4-18,34-36H2,1-3H3/b22-19-,23-21-,24-20-. The van der Waals surface area contributed by atoms with Crippen molar-refractivity contribution >= 4 is 35.6 Å². The summed E-state index contributed by atoms with van der Waals surface area (Å²) in [6.07, 6.45) is 4.99. The normalized spacial score (nSPS) is 27.6. The lowest BCUT2D eigenvalue weighted by Crippen LogP contribution is -2.35. The van der Waals surface area contributed by atoms with Gasteiger partial charge in [0.05, 0.1) is 19.8 Å². The second-order valence-corrected chi connectivity index (χ2v) is 12.4. The van der Waals surface area contributed by atoms with E-state index in [-0.39, 0.29) is 97.2 Å². The average molecular weight is 727 g/mol. The zero-order valence-corrected chi connectivity index (χ0v) is 29.7. The Morgan fingerprint density at radius 2 is 0.745 bits per heavy atom. The van der Waals surface area contributed by atoms with Crippen LogP contribution in [0.4, 0.5) is 0 Å². The highest BCUT2D eigenvalue weighted by atomic mass is 16.5. The van der Waals surface area contributed by atoms with E-state index < -0.39 is 53.8 Å². The highest BCUT2D eigenvalue weighted by Crippen LogP contribution is 2.09. The molecule has 18 nitrogen and oxygen atoms in total. The van der Waals surface area contributed by atoms with Crippen molar-refractivity contribution in [2.75, 3.05) is 39.5 Å². The second kappa shape index (κ2) is 24.1. The van der Waals surface area contributed by atoms with Gasteiger partial charge in [0, 0.05) is 57.1 Å². The smallest absolute Gasteiger partial charge is 0.322 e. The molecule has 0 bridgehead atoms. The lowest BCUT2D eigenvalue weighted by Gasteiger charge is -2.17. The number of nitrogens with zero attached hydrogens (tertiary/aromatic N) is 3. The third-order valence-corrected chi connectivity index (χ3v) is 7.66. The molecule has 0 saturated carbocycles. The maximum atomic E-state index is 12.3. The molecule has 1 heterocycles. The lowest BCUT2D eigenvalue weighted by atomic mass is 10.1. The van der Waals surface area contributed by atoms with E-state index in [1.807, 2.05) is 0 Å². The Kier molecular flexibility index (Phi) is 21.2. The molecule has 18 heteroatoms. The SMILES string of the molecule is C/C1=C/C(=O)N(O)CCCC(N)C(=O)OCC/C(C)=C\C(=O)N(O)CCCC(N)C(=O)OCC/C(C)=C\C(=O)N(O)CCCC(N)C(=O)OCC1. The molecule has 0 fully saturated rings. The molecule has 3 unspecified atom stereocenters. The number of esters is 3. The van der Waals surface area contributed by atoms with E-state index >= 15 is 0 Å². The van der Waals surface area contributed by atoms with Crippen LogP contribution in [0.15, 0.2) is 34.9 Å². The van der Waals surface area contributed by atoms with Crippen molar-refractivity contribution in [3.05, 3.63) is 34.9 Å². The van der Waals surface area contributed by atoms with Crippen LogP contribution in [0.1, 0.15) is 78.6 Å². The first-order chi connectivity index (χ1) is 24.0. The van der Waals surface area contributed by atoms with E-state index in [0.717, 1.165) is 0 Å². The van der Waals surface area contributed by atoms with Gasteiger partial charge in [-0.15, -0.1) is 0 Å². The molecule has 0 aromatic heterocycles. The molecule has 0 spiro atoms. The predicted octanol–water partition coefficient (Wildman–Crippen LogP) is 0.615. The van der Waals surface area contributed by atoms with Crippen molar-refractivity contribution in [1.82, 2.24) is 15.2 Å². The summed E-state index contributed by atoms with van der Waals surface area (Å²) >= 11 is 0. The first-order valence-electron chi connectivity index (χ1n) is 16.8. The van der Waals surface area contributed by atoms with Crippen LogP contribution in [0.2, 0.25) is 0 Å². The van der Waals surface area contributed by atoms with Gasteiger partial charge in [0.25, 0.3) is 17.7 Å². The second-order valence-electron chi connectivity index (χ2n) is 12.4. The molecule has 3 atom stereocenters. The van der Waals surface area contributed by atoms with Crippen molar-refractivity contribution in [1.29, 1.82) is 0 Å². The van der Waals surface area contributed by atoms with Crippen LogP contribution in [-0.4, -0.2) is 124 Å². The third kappa shape index (κ3) is 19.1. The zero-order valence-electron chi connectivity index (χ0n) is 29.7. The van der Waals surface area contributed by atoms with Crippen LogP contribution in [-0.2, 0) is 43.0 Å². The minimum absolute atomic E-state index is 0.0774. The topological polar surface area (TPSA) is 279 Å². The number of cyclic esters (lactones) is 3. The molecule has 0 saturated heterocycles. The average Bonchev–Trinajstić information content (AvgIpc) is 3.06. The molecule has 51 heavy (non-hydrogen) atoms. The number of hydrogen-bond acceptors (Lipinski definition) is 15. The summed E-state index contributed by atoms with van der Waals surface area (Å²) in [4.78, 5) is 73.7. The van der Waals surface area contributed by atoms with Gasteiger partial charge < -0.3 is 31.4 Å². The van der Waals surface area contributed by atoms with Gasteiger partial charge in [-0.25, -0.2) is 15.2 Å². The maximum absolute atomic E-state index is 12.3. The number of rotatable bonds is 0. The lowest BCUT2D eigenvalue weighted by molar-refractivity contribution is -0.160. The quantitative estimate of drug-likeness (QED) is 0.113. The van der Waals surface area contributed by atoms with Gasteiger partial charge in [-0.2, -0.15) is 0 Å². The number of carbonyl (C=O) groups excluding carboxylic acids is 6. The van der Waals surface area contributed by atoms with E-state index in [0.29, 0.717) is 31.9 Å². The summed E-state index contributed by atoms with van der Waals surface area (Å²) in [7, 11) is 0. The van der Waals surface area contributed by atoms with Crippen LogP contribution in [0.5, 0.6) is 0 Å². The molecule has 1 rings (SSSR count). The minimum Gasteiger partial charge on any atom is -0.464 e. The van der Waals surface area contributed by atoms with Crippen molar-refractivity contribution in [3.8, 4) is 0 Å². The van der Waals surface area contributed by atoms with Crippen LogP contribution in [0.25, 0.3) is 0 Å². The van der Waals surface area contributed by atoms with Crippen LogP contribution < -0.4 is 17.2 Å². The molecule has 0 aromatic carbocycles. The maximum Gasteiger partial charge on any atom is 0.322 e. The number of hydroxylamine groups is 6. The van der Waals surface area contributed by atoms with E-state index in [4.69, 9.17) is 31.4 Å². The molecule has 1 aliphatic heterocycles. The fourth-order valence-corrected chi connectivity index (χ4v) is 4.40. The van der Waals surface area contributed by atoms with Gasteiger partial charge in [-0.1, -0.05) is 16.7 Å². The van der Waals surface area contributed by atoms with Gasteiger partial charge in [0.2, 0.25) is 0 Å². The minimum atomic E-state index is -1.02. The molecule has 1 aliphatic rings. The first-order valence-corrected chi connectivity index (χ1v) is 16.8. The van der Waals surface area contributed by atoms with Gasteiger partial charge in [-0.3, -0.25) is 44.4 Å². The zero-order chi connectivity index (χ0) is 38.5. The summed E-state index contributed by atoms with van der Waals surface area (Å²) in [5.41, 5.74) is 19.2. The van der Waals surface area contributed by atoms with Gasteiger partial charge in [0.1, 0.15) is 18.1 Å². The molecule has 0 radical (unpaired) electrons. The number of ether oxygens (including phenoxy) is 3. The largest absolute Gasteiger partial charge is 0.464 e. The molecule has 9 N–H and O–H groups in total. The van der Waals surface area contributed by atoms with Gasteiger partial charge in [-0.05, 0) is 59.3 Å². The van der Waals surface area contributed by atoms with Crippen LogP contribution >= 0.6 is 0 Å². The van der Waals surface area contributed by atoms with Crippen LogP contribution in [0.3, 0.4) is 0 Å². The fourth-order valence-electron chi connectivity index (χ4n) is 4.40. The number of hydrogen-bond donors (Lipinski definition) is 6. The summed E-state index contributed by atoms with van der Waals surface area (Å²) in [5.74, 6) is -4.24. The van der Waals surface area contributed by atoms with E-state index in [1.165, 1.54) is 18.2 Å². The van der Waals surface area contributed by atoms with Crippen molar-refractivity contribution in [2.45, 2.75) is 96.7 Å². The predicted molar refractivity (Wildman–Crippen MR) is 180 cm³/mol. The number of carbonyl (C=O) groups is 6. The highest BCUT2D eigenvalue weighted by molar-refractivity contribution is 5.88. The van der Waals surface area contributed by atoms with E-state index in [1.54, 1.807) is 20.8 Å². The van der Waals surface area contributed by atoms with Gasteiger partial charge >= 0.3 is 17.9 Å². The molecular formula is C33H54N6O12. The Labute approximate surface area is 297 Å². The highest BCUT2D eigenvalue weighted by Gasteiger charge is 2.20. The van der Waals surface area contributed by atoms with E-state index in [2.05, 4.69) is 0 Å². The summed E-state index contributed by atoms with van der Waals surface area (Å²) in [6.45, 7) is 4.26. The fraction of sp³-hybridized carbons (Fsp3) is 0.636. The molecule has 0 aromatic rings. The summed E-state index contributed by atoms with van der Waals surface area (Å²) < 4.78 is 15.5. The van der Waals surface area contributed by atoms with Crippen molar-refractivity contribution in [2.24, 2.45) is 17.2 Å². The Balaban J connectivity index is 2.85. The molecular weight excluding hydrogens is 672 g/mol. The van der Waals surface area contributed by atoms with Crippen molar-refractivity contribution in [3.63, 3.8) is 0 Å².